The number of hydrogen-bond acceptors (Lipinski definition) is 4. The Morgan fingerprint density at radius 2 is 2.00 bits per heavy atom. The molecule has 0 aliphatic carbocycles. The van der Waals surface area contributed by atoms with Crippen LogP contribution in [-0.4, -0.2) is 19.9 Å². The molecule has 1 rings (SSSR count). The van der Waals surface area contributed by atoms with Gasteiger partial charge in [-0.25, -0.2) is 13.1 Å². The van der Waals surface area contributed by atoms with Crippen LogP contribution in [0.2, 0.25) is 0 Å². The summed E-state index contributed by atoms with van der Waals surface area (Å²) in [6, 6.07) is 4.37. The van der Waals surface area contributed by atoms with Crippen LogP contribution >= 0.6 is 15.9 Å². The van der Waals surface area contributed by atoms with Gasteiger partial charge in [-0.05, 0) is 48.0 Å². The van der Waals surface area contributed by atoms with Gasteiger partial charge in [0, 0.05) is 22.1 Å². The Labute approximate surface area is 120 Å². The van der Waals surface area contributed by atoms with Crippen molar-refractivity contribution in [3.8, 4) is 0 Å². The highest BCUT2D eigenvalue weighted by Crippen LogP contribution is 2.25. The van der Waals surface area contributed by atoms with Crippen LogP contribution < -0.4 is 16.2 Å². The molecule has 0 unspecified atom stereocenters. The van der Waals surface area contributed by atoms with E-state index in [0.29, 0.717) is 10.2 Å². The first kappa shape index (κ1) is 15.9. The van der Waals surface area contributed by atoms with Gasteiger partial charge in [0.1, 0.15) is 0 Å². The third kappa shape index (κ3) is 4.48. The van der Waals surface area contributed by atoms with Crippen LogP contribution in [0.1, 0.15) is 20.3 Å². The highest BCUT2D eigenvalue weighted by Gasteiger charge is 2.29. The molecule has 0 fully saturated rings. The third-order valence-corrected chi connectivity index (χ3v) is 4.95. The van der Waals surface area contributed by atoms with Gasteiger partial charge >= 0.3 is 0 Å². The molecule has 0 bridgehead atoms. The van der Waals surface area contributed by atoms with E-state index in [-0.39, 0.29) is 11.3 Å². The molecule has 0 saturated carbocycles. The van der Waals surface area contributed by atoms with Crippen LogP contribution in [0.25, 0.3) is 0 Å². The highest BCUT2D eigenvalue weighted by atomic mass is 79.9. The number of sulfonamides is 1. The molecule has 19 heavy (non-hydrogen) atoms. The Bertz CT molecular complexity index is 599. The Hall–Kier alpha value is -1.12. The number of amides is 1. The van der Waals surface area contributed by atoms with Crippen molar-refractivity contribution >= 4 is 37.5 Å². The minimum absolute atomic E-state index is 0.0549. The Kier molecular flexibility index (Phi) is 4.59. The second-order valence-corrected chi connectivity index (χ2v) is 7.33. The zero-order chi connectivity index (χ0) is 14.8. The molecule has 106 valence electrons. The first-order valence-corrected chi connectivity index (χ1v) is 7.68. The second kappa shape index (κ2) is 5.48. The van der Waals surface area contributed by atoms with E-state index < -0.39 is 21.5 Å². The van der Waals surface area contributed by atoms with Crippen LogP contribution in [0.4, 0.5) is 5.69 Å². The first-order valence-electron chi connectivity index (χ1n) is 5.41. The van der Waals surface area contributed by atoms with Crippen molar-refractivity contribution in [1.29, 1.82) is 0 Å². The lowest BCUT2D eigenvalue weighted by Crippen LogP contribution is -2.45. The van der Waals surface area contributed by atoms with E-state index in [4.69, 9.17) is 11.5 Å². The molecule has 1 aromatic rings. The van der Waals surface area contributed by atoms with Gasteiger partial charge in [-0.15, -0.1) is 0 Å². The molecule has 1 aromatic carbocycles. The van der Waals surface area contributed by atoms with E-state index >= 15 is 0 Å². The average Bonchev–Trinajstić information content (AvgIpc) is 2.11. The molecule has 6 nitrogen and oxygen atoms in total. The molecular weight excluding hydrogens is 334 g/mol. The Balaban J connectivity index is 3.08. The molecule has 5 N–H and O–H groups in total. The zero-order valence-electron chi connectivity index (χ0n) is 10.6. The summed E-state index contributed by atoms with van der Waals surface area (Å²) in [7, 11) is -3.77. The van der Waals surface area contributed by atoms with E-state index in [1.54, 1.807) is 13.8 Å². The van der Waals surface area contributed by atoms with Crippen molar-refractivity contribution in [2.45, 2.75) is 30.7 Å². The molecule has 0 aliphatic heterocycles. The van der Waals surface area contributed by atoms with Crippen LogP contribution in [0.3, 0.4) is 0 Å². The lowest BCUT2D eigenvalue weighted by molar-refractivity contribution is -0.119. The van der Waals surface area contributed by atoms with E-state index in [0.717, 1.165) is 0 Å². The molecule has 0 spiro atoms. The maximum atomic E-state index is 12.2. The number of primary amides is 1. The summed E-state index contributed by atoms with van der Waals surface area (Å²) < 4.78 is 27.3. The number of carbonyl (C=O) groups is 1. The number of hydrogen-bond donors (Lipinski definition) is 3. The smallest absolute Gasteiger partial charge is 0.242 e. The van der Waals surface area contributed by atoms with Crippen molar-refractivity contribution in [3.05, 3.63) is 22.7 Å². The van der Waals surface area contributed by atoms with Gasteiger partial charge in [0.15, 0.2) is 0 Å². The van der Waals surface area contributed by atoms with E-state index in [1.165, 1.54) is 18.2 Å². The summed E-state index contributed by atoms with van der Waals surface area (Å²) >= 11 is 3.15. The standard InChI is InChI=1S/C11H16BrN3O3S/c1-11(2,6-10(14)16)15-19(17,18)9-4-3-7(13)5-8(9)12/h3-5,15H,6,13H2,1-2H3,(H2,14,16). The SMILES string of the molecule is CC(C)(CC(N)=O)NS(=O)(=O)c1ccc(N)cc1Br. The lowest BCUT2D eigenvalue weighted by Gasteiger charge is -2.24. The maximum Gasteiger partial charge on any atom is 0.242 e. The average molecular weight is 350 g/mol. The van der Waals surface area contributed by atoms with Crippen molar-refractivity contribution in [2.75, 3.05) is 5.73 Å². The molecule has 0 atom stereocenters. The zero-order valence-corrected chi connectivity index (χ0v) is 13.0. The molecule has 0 radical (unpaired) electrons. The van der Waals surface area contributed by atoms with E-state index in [2.05, 4.69) is 20.7 Å². The Morgan fingerprint density at radius 3 is 2.47 bits per heavy atom. The van der Waals surface area contributed by atoms with Crippen molar-refractivity contribution in [1.82, 2.24) is 4.72 Å². The number of carbonyl (C=O) groups excluding carboxylic acids is 1. The molecule has 1 amide bonds. The molecular formula is C11H16BrN3O3S. The largest absolute Gasteiger partial charge is 0.399 e. The number of anilines is 1. The van der Waals surface area contributed by atoms with E-state index in [1.807, 2.05) is 0 Å². The number of halogens is 1. The monoisotopic (exact) mass is 349 g/mol. The summed E-state index contributed by atoms with van der Waals surface area (Å²) in [5.74, 6) is -0.580. The van der Waals surface area contributed by atoms with Gasteiger partial charge in [-0.2, -0.15) is 0 Å². The summed E-state index contributed by atoms with van der Waals surface area (Å²) in [5.41, 5.74) is 10.1. The summed E-state index contributed by atoms with van der Waals surface area (Å²) in [4.78, 5) is 11.0. The minimum Gasteiger partial charge on any atom is -0.399 e. The predicted molar refractivity (Wildman–Crippen MR) is 76.8 cm³/mol. The van der Waals surface area contributed by atoms with Gasteiger partial charge < -0.3 is 11.5 Å². The van der Waals surface area contributed by atoms with Crippen LogP contribution in [0.15, 0.2) is 27.6 Å². The molecule has 0 saturated heterocycles. The quantitative estimate of drug-likeness (QED) is 0.686. The topological polar surface area (TPSA) is 115 Å². The first-order chi connectivity index (χ1) is 8.53. The van der Waals surface area contributed by atoms with Crippen molar-refractivity contribution < 1.29 is 13.2 Å². The number of rotatable bonds is 5. The van der Waals surface area contributed by atoms with Crippen LogP contribution in [0.5, 0.6) is 0 Å². The lowest BCUT2D eigenvalue weighted by atomic mass is 10.0. The molecule has 0 aromatic heterocycles. The molecule has 0 aliphatic rings. The highest BCUT2D eigenvalue weighted by molar-refractivity contribution is 9.10. The summed E-state index contributed by atoms with van der Waals surface area (Å²) in [5, 5.41) is 0. The number of benzene rings is 1. The maximum absolute atomic E-state index is 12.2. The Morgan fingerprint density at radius 1 is 1.42 bits per heavy atom. The van der Waals surface area contributed by atoms with Gasteiger partial charge in [-0.3, -0.25) is 4.79 Å². The van der Waals surface area contributed by atoms with Gasteiger partial charge in [0.25, 0.3) is 0 Å². The van der Waals surface area contributed by atoms with E-state index in [9.17, 15) is 13.2 Å². The minimum atomic E-state index is -3.77. The normalized spacial score (nSPS) is 12.4. The third-order valence-electron chi connectivity index (χ3n) is 2.27. The van der Waals surface area contributed by atoms with Gasteiger partial charge in [0.2, 0.25) is 15.9 Å². The van der Waals surface area contributed by atoms with Crippen molar-refractivity contribution in [3.63, 3.8) is 0 Å². The van der Waals surface area contributed by atoms with Crippen LogP contribution in [0, 0.1) is 0 Å². The predicted octanol–water partition coefficient (Wildman–Crippen LogP) is 0.964. The number of nitrogen functional groups attached to an aromatic ring is 1. The fraction of sp³-hybridized carbons (Fsp3) is 0.364. The fourth-order valence-corrected chi connectivity index (χ4v) is 4.13. The van der Waals surface area contributed by atoms with Crippen LogP contribution in [-0.2, 0) is 14.8 Å². The van der Waals surface area contributed by atoms with Gasteiger partial charge in [-0.1, -0.05) is 0 Å². The number of nitrogens with one attached hydrogen (secondary N) is 1. The molecule has 0 heterocycles. The number of nitrogens with two attached hydrogens (primary N) is 2. The summed E-state index contributed by atoms with van der Waals surface area (Å²) in [6.45, 7) is 3.17. The van der Waals surface area contributed by atoms with Crippen molar-refractivity contribution in [2.24, 2.45) is 5.73 Å². The molecule has 8 heteroatoms. The summed E-state index contributed by atoms with van der Waals surface area (Å²) in [6.07, 6.45) is -0.0984. The van der Waals surface area contributed by atoms with Gasteiger partial charge in [0.05, 0.1) is 4.90 Å². The second-order valence-electron chi connectivity index (χ2n) is 4.82. The fourth-order valence-electron chi connectivity index (χ4n) is 1.63.